The molecule has 0 saturated heterocycles. The molecule has 0 unspecified atom stereocenters. The summed E-state index contributed by atoms with van der Waals surface area (Å²) in [5.74, 6) is -0.780. The van der Waals surface area contributed by atoms with E-state index in [4.69, 9.17) is 10.2 Å². The Morgan fingerprint density at radius 2 is 1.89 bits per heavy atom. The van der Waals surface area contributed by atoms with Crippen LogP contribution in [0.15, 0.2) is 24.3 Å². The quantitative estimate of drug-likeness (QED) is 0.672. The Morgan fingerprint density at radius 3 is 2.39 bits per heavy atom. The summed E-state index contributed by atoms with van der Waals surface area (Å²) >= 11 is 0. The van der Waals surface area contributed by atoms with Gasteiger partial charge in [-0.25, -0.2) is 0 Å². The lowest BCUT2D eigenvalue weighted by molar-refractivity contribution is -0.139. The van der Waals surface area contributed by atoms with Gasteiger partial charge in [0.2, 0.25) is 0 Å². The molecule has 1 aromatic rings. The van der Waals surface area contributed by atoms with Crippen LogP contribution in [0, 0.1) is 0 Å². The van der Waals surface area contributed by atoms with Crippen LogP contribution in [-0.4, -0.2) is 34.6 Å². The standard InChI is InChI=1S/C13H17NO4/c1-9(15)6-7-14-12(13(17)18)8-10-2-4-11(16)5-3-10/h2-5,12,14,16H,6-8H2,1H3,(H,17,18)/t12-/m0/s1. The van der Waals surface area contributed by atoms with Crippen molar-refractivity contribution < 1.29 is 19.8 Å². The molecule has 1 atom stereocenters. The van der Waals surface area contributed by atoms with Crippen molar-refractivity contribution >= 4 is 11.8 Å². The SMILES string of the molecule is CC(=O)CCN[C@@H](Cc1ccc(O)cc1)C(=O)O. The minimum absolute atomic E-state index is 0.0243. The number of carbonyl (C=O) groups is 2. The highest BCUT2D eigenvalue weighted by Gasteiger charge is 2.17. The number of phenolic OH excluding ortho intramolecular Hbond substituents is 1. The van der Waals surface area contributed by atoms with E-state index < -0.39 is 12.0 Å². The molecular weight excluding hydrogens is 234 g/mol. The first-order chi connectivity index (χ1) is 8.49. The molecule has 0 spiro atoms. The average molecular weight is 251 g/mol. The van der Waals surface area contributed by atoms with Crippen LogP contribution in [-0.2, 0) is 16.0 Å². The van der Waals surface area contributed by atoms with Gasteiger partial charge in [-0.2, -0.15) is 0 Å². The maximum atomic E-state index is 11.0. The number of hydrogen-bond acceptors (Lipinski definition) is 4. The van der Waals surface area contributed by atoms with Crippen LogP contribution in [0.5, 0.6) is 5.75 Å². The number of aliphatic carboxylic acids is 1. The van der Waals surface area contributed by atoms with Crippen molar-refractivity contribution in [2.45, 2.75) is 25.8 Å². The van der Waals surface area contributed by atoms with E-state index in [0.717, 1.165) is 5.56 Å². The van der Waals surface area contributed by atoms with Gasteiger partial charge in [-0.1, -0.05) is 12.1 Å². The molecule has 0 heterocycles. The molecule has 98 valence electrons. The van der Waals surface area contributed by atoms with E-state index in [1.165, 1.54) is 19.1 Å². The maximum Gasteiger partial charge on any atom is 0.321 e. The fraction of sp³-hybridized carbons (Fsp3) is 0.385. The first kappa shape index (κ1) is 14.2. The van der Waals surface area contributed by atoms with Gasteiger partial charge in [0.1, 0.15) is 17.6 Å². The van der Waals surface area contributed by atoms with E-state index in [9.17, 15) is 9.59 Å². The molecule has 0 saturated carbocycles. The van der Waals surface area contributed by atoms with Crippen LogP contribution in [0.25, 0.3) is 0 Å². The van der Waals surface area contributed by atoms with Crippen molar-refractivity contribution in [2.24, 2.45) is 0 Å². The van der Waals surface area contributed by atoms with Gasteiger partial charge in [0.15, 0.2) is 0 Å². The van der Waals surface area contributed by atoms with Crippen LogP contribution >= 0.6 is 0 Å². The Kier molecular flexibility index (Phi) is 5.32. The molecular formula is C13H17NO4. The zero-order valence-electron chi connectivity index (χ0n) is 10.2. The molecule has 0 amide bonds. The number of rotatable bonds is 7. The van der Waals surface area contributed by atoms with Crippen LogP contribution in [0.2, 0.25) is 0 Å². The van der Waals surface area contributed by atoms with Crippen LogP contribution < -0.4 is 5.32 Å². The molecule has 3 N–H and O–H groups in total. The molecule has 0 radical (unpaired) electrons. The zero-order valence-corrected chi connectivity index (χ0v) is 10.2. The number of carboxylic acid groups (broad SMARTS) is 1. The van der Waals surface area contributed by atoms with Crippen molar-refractivity contribution in [3.8, 4) is 5.75 Å². The van der Waals surface area contributed by atoms with E-state index in [-0.39, 0.29) is 11.5 Å². The van der Waals surface area contributed by atoms with Crippen molar-refractivity contribution in [2.75, 3.05) is 6.54 Å². The van der Waals surface area contributed by atoms with Gasteiger partial charge in [0, 0.05) is 13.0 Å². The number of nitrogens with one attached hydrogen (secondary N) is 1. The highest BCUT2D eigenvalue weighted by atomic mass is 16.4. The van der Waals surface area contributed by atoms with E-state index in [0.29, 0.717) is 19.4 Å². The lowest BCUT2D eigenvalue weighted by atomic mass is 10.1. The number of Topliss-reactive ketones (excluding diaryl/α,β-unsaturated/α-hetero) is 1. The Balaban J connectivity index is 2.54. The summed E-state index contributed by atoms with van der Waals surface area (Å²) in [5, 5.41) is 21.0. The Bertz CT molecular complexity index is 414. The maximum absolute atomic E-state index is 11.0. The summed E-state index contributed by atoms with van der Waals surface area (Å²) in [7, 11) is 0. The van der Waals surface area contributed by atoms with Gasteiger partial charge in [0.25, 0.3) is 0 Å². The van der Waals surface area contributed by atoms with Crippen LogP contribution in [0.3, 0.4) is 0 Å². The predicted molar refractivity (Wildman–Crippen MR) is 66.5 cm³/mol. The van der Waals surface area contributed by atoms with E-state index in [1.54, 1.807) is 12.1 Å². The average Bonchev–Trinajstić information content (AvgIpc) is 2.30. The molecule has 0 aromatic heterocycles. The van der Waals surface area contributed by atoms with Crippen molar-refractivity contribution in [1.82, 2.24) is 5.32 Å². The lowest BCUT2D eigenvalue weighted by Crippen LogP contribution is -2.39. The summed E-state index contributed by atoms with van der Waals surface area (Å²) < 4.78 is 0. The molecule has 1 rings (SSSR count). The van der Waals surface area contributed by atoms with Crippen LogP contribution in [0.1, 0.15) is 18.9 Å². The molecule has 5 heteroatoms. The van der Waals surface area contributed by atoms with Crippen molar-refractivity contribution in [3.63, 3.8) is 0 Å². The minimum atomic E-state index is -0.952. The normalized spacial score (nSPS) is 12.1. The Labute approximate surface area is 105 Å². The lowest BCUT2D eigenvalue weighted by Gasteiger charge is -2.14. The third-order valence-corrected chi connectivity index (χ3v) is 2.54. The molecule has 1 aromatic carbocycles. The Morgan fingerprint density at radius 1 is 1.28 bits per heavy atom. The summed E-state index contributed by atoms with van der Waals surface area (Å²) in [6.45, 7) is 1.82. The van der Waals surface area contributed by atoms with Gasteiger partial charge in [-0.05, 0) is 31.0 Å². The number of hydrogen-bond donors (Lipinski definition) is 3. The third-order valence-electron chi connectivity index (χ3n) is 2.54. The number of carboxylic acids is 1. The fourth-order valence-corrected chi connectivity index (χ4v) is 1.54. The van der Waals surface area contributed by atoms with E-state index in [2.05, 4.69) is 5.32 Å². The number of benzene rings is 1. The van der Waals surface area contributed by atoms with Gasteiger partial charge >= 0.3 is 5.97 Å². The van der Waals surface area contributed by atoms with Gasteiger partial charge in [-0.3, -0.25) is 9.59 Å². The smallest absolute Gasteiger partial charge is 0.321 e. The second-order valence-corrected chi connectivity index (χ2v) is 4.17. The summed E-state index contributed by atoms with van der Waals surface area (Å²) in [4.78, 5) is 21.8. The summed E-state index contributed by atoms with van der Waals surface area (Å²) in [5.41, 5.74) is 0.815. The number of carbonyl (C=O) groups excluding carboxylic acids is 1. The summed E-state index contributed by atoms with van der Waals surface area (Å²) in [6.07, 6.45) is 0.632. The zero-order chi connectivity index (χ0) is 13.5. The van der Waals surface area contributed by atoms with Crippen molar-refractivity contribution in [3.05, 3.63) is 29.8 Å². The van der Waals surface area contributed by atoms with E-state index >= 15 is 0 Å². The second kappa shape index (κ2) is 6.76. The number of aromatic hydroxyl groups is 1. The highest BCUT2D eigenvalue weighted by Crippen LogP contribution is 2.11. The summed E-state index contributed by atoms with van der Waals surface area (Å²) in [6, 6.07) is 5.66. The van der Waals surface area contributed by atoms with Gasteiger partial charge in [0.05, 0.1) is 0 Å². The van der Waals surface area contributed by atoms with Gasteiger partial charge < -0.3 is 15.5 Å². The molecule has 0 aliphatic heterocycles. The molecule has 0 aliphatic carbocycles. The minimum Gasteiger partial charge on any atom is -0.508 e. The molecule has 0 bridgehead atoms. The van der Waals surface area contributed by atoms with Crippen molar-refractivity contribution in [1.29, 1.82) is 0 Å². The second-order valence-electron chi connectivity index (χ2n) is 4.17. The van der Waals surface area contributed by atoms with Gasteiger partial charge in [-0.15, -0.1) is 0 Å². The third kappa shape index (κ3) is 4.97. The molecule has 0 fully saturated rings. The molecule has 18 heavy (non-hydrogen) atoms. The fourth-order valence-electron chi connectivity index (χ4n) is 1.54. The molecule has 0 aliphatic rings. The predicted octanol–water partition coefficient (Wildman–Crippen LogP) is 0.957. The number of ketones is 1. The topological polar surface area (TPSA) is 86.6 Å². The Hall–Kier alpha value is -1.88. The highest BCUT2D eigenvalue weighted by molar-refractivity contribution is 5.76. The van der Waals surface area contributed by atoms with Crippen LogP contribution in [0.4, 0.5) is 0 Å². The van der Waals surface area contributed by atoms with E-state index in [1.807, 2.05) is 0 Å². The first-order valence-electron chi connectivity index (χ1n) is 5.72. The largest absolute Gasteiger partial charge is 0.508 e. The monoisotopic (exact) mass is 251 g/mol. The number of phenols is 1. The first-order valence-corrected chi connectivity index (χ1v) is 5.72. The molecule has 5 nitrogen and oxygen atoms in total.